The van der Waals surface area contributed by atoms with Gasteiger partial charge in [-0.1, -0.05) is 13.0 Å². The molecule has 0 unspecified atom stereocenters. The fraction of sp³-hybridized carbons (Fsp3) is 0.364. The number of ether oxygens (including phenoxy) is 1. The summed E-state index contributed by atoms with van der Waals surface area (Å²) in [6.07, 6.45) is 6.76. The molecular weight excluding hydrogens is 366 g/mol. The van der Waals surface area contributed by atoms with E-state index in [-0.39, 0.29) is 11.4 Å². The van der Waals surface area contributed by atoms with E-state index in [0.29, 0.717) is 17.5 Å². The topological polar surface area (TPSA) is 92.8 Å². The van der Waals surface area contributed by atoms with Crippen LogP contribution in [0.15, 0.2) is 36.5 Å². The molecule has 1 N–H and O–H groups in total. The predicted octanol–water partition coefficient (Wildman–Crippen LogP) is 4.32. The second kappa shape index (κ2) is 7.92. The number of nitrogens with one attached hydrogen (secondary N) is 1. The maximum absolute atomic E-state index is 12.6. The van der Waals surface area contributed by atoms with Crippen molar-refractivity contribution in [3.05, 3.63) is 47.9 Å². The van der Waals surface area contributed by atoms with E-state index in [0.717, 1.165) is 29.7 Å². The zero-order chi connectivity index (χ0) is 20.4. The molecule has 2 aromatic heterocycles. The van der Waals surface area contributed by atoms with Crippen LogP contribution in [0.25, 0.3) is 10.9 Å². The summed E-state index contributed by atoms with van der Waals surface area (Å²) in [7, 11) is 1.56. The van der Waals surface area contributed by atoms with Gasteiger partial charge in [0.15, 0.2) is 0 Å². The van der Waals surface area contributed by atoms with Crippen LogP contribution in [0.3, 0.4) is 0 Å². The molecule has 0 spiro atoms. The van der Waals surface area contributed by atoms with Crippen LogP contribution in [0.2, 0.25) is 0 Å². The summed E-state index contributed by atoms with van der Waals surface area (Å²) >= 11 is 0. The molecule has 0 atom stereocenters. The van der Waals surface area contributed by atoms with Crippen LogP contribution in [0.5, 0.6) is 5.75 Å². The van der Waals surface area contributed by atoms with E-state index >= 15 is 0 Å². The van der Waals surface area contributed by atoms with Crippen LogP contribution < -0.4 is 10.1 Å². The molecule has 1 aliphatic carbocycles. The van der Waals surface area contributed by atoms with Gasteiger partial charge in [0.2, 0.25) is 0 Å². The number of hydrogen-bond acceptors (Lipinski definition) is 5. The number of nitrogens with zero attached hydrogens (tertiary/aromatic N) is 4. The third-order valence-corrected chi connectivity index (χ3v) is 5.55. The lowest BCUT2D eigenvalue weighted by molar-refractivity contribution is 0.102. The largest absolute Gasteiger partial charge is 0.494 e. The van der Waals surface area contributed by atoms with Gasteiger partial charge in [-0.15, -0.1) is 0 Å². The van der Waals surface area contributed by atoms with E-state index in [1.165, 1.54) is 12.8 Å². The SMILES string of the molecule is COc1cc2nn(C3CCC(C)CC3)cc2cc1NC(=O)c1cccc(C#N)n1. The Morgan fingerprint density at radius 1 is 1.28 bits per heavy atom. The molecule has 1 aromatic carbocycles. The Hall–Kier alpha value is -3.40. The number of carbonyl (C=O) groups excluding carboxylic acids is 1. The second-order valence-corrected chi connectivity index (χ2v) is 7.61. The summed E-state index contributed by atoms with van der Waals surface area (Å²) in [6.45, 7) is 2.30. The highest BCUT2D eigenvalue weighted by Gasteiger charge is 2.21. The van der Waals surface area contributed by atoms with Crippen LogP contribution in [-0.2, 0) is 0 Å². The molecule has 0 saturated heterocycles. The van der Waals surface area contributed by atoms with E-state index in [2.05, 4.69) is 21.9 Å². The average Bonchev–Trinajstić information content (AvgIpc) is 3.16. The molecule has 0 bridgehead atoms. The minimum atomic E-state index is -0.395. The minimum Gasteiger partial charge on any atom is -0.494 e. The predicted molar refractivity (Wildman–Crippen MR) is 110 cm³/mol. The van der Waals surface area contributed by atoms with Crippen LogP contribution in [-0.4, -0.2) is 27.8 Å². The first kappa shape index (κ1) is 18.9. The summed E-state index contributed by atoms with van der Waals surface area (Å²) in [5.74, 6) is 0.921. The maximum atomic E-state index is 12.6. The molecule has 1 amide bonds. The van der Waals surface area contributed by atoms with Crippen LogP contribution >= 0.6 is 0 Å². The molecule has 148 valence electrons. The quantitative estimate of drug-likeness (QED) is 0.717. The molecule has 1 aliphatic rings. The first-order chi connectivity index (χ1) is 14.1. The lowest BCUT2D eigenvalue weighted by Gasteiger charge is -2.26. The van der Waals surface area contributed by atoms with Gasteiger partial charge in [-0.2, -0.15) is 10.4 Å². The summed E-state index contributed by atoms with van der Waals surface area (Å²) < 4.78 is 7.52. The number of rotatable bonds is 4. The molecule has 0 radical (unpaired) electrons. The Balaban J connectivity index is 1.62. The number of methoxy groups -OCH3 is 1. The zero-order valence-electron chi connectivity index (χ0n) is 16.6. The first-order valence-electron chi connectivity index (χ1n) is 9.83. The summed E-state index contributed by atoms with van der Waals surface area (Å²) in [5.41, 5.74) is 1.76. The van der Waals surface area contributed by atoms with E-state index in [1.54, 1.807) is 25.3 Å². The van der Waals surface area contributed by atoms with Crippen LogP contribution in [0.4, 0.5) is 5.69 Å². The highest BCUT2D eigenvalue weighted by Crippen LogP contribution is 2.34. The zero-order valence-corrected chi connectivity index (χ0v) is 16.6. The van der Waals surface area contributed by atoms with Gasteiger partial charge in [-0.3, -0.25) is 9.48 Å². The third kappa shape index (κ3) is 3.92. The van der Waals surface area contributed by atoms with Crippen molar-refractivity contribution in [2.24, 2.45) is 5.92 Å². The van der Waals surface area contributed by atoms with Crippen molar-refractivity contribution in [1.29, 1.82) is 5.26 Å². The van der Waals surface area contributed by atoms with Gasteiger partial charge in [0.1, 0.15) is 23.2 Å². The number of hydrogen-bond donors (Lipinski definition) is 1. The first-order valence-corrected chi connectivity index (χ1v) is 9.83. The minimum absolute atomic E-state index is 0.179. The Labute approximate surface area is 169 Å². The Morgan fingerprint density at radius 3 is 2.79 bits per heavy atom. The number of carbonyl (C=O) groups is 1. The highest BCUT2D eigenvalue weighted by atomic mass is 16.5. The van der Waals surface area contributed by atoms with Gasteiger partial charge in [-0.05, 0) is 49.8 Å². The number of fused-ring (bicyclic) bond motifs is 1. The number of anilines is 1. The van der Waals surface area contributed by atoms with Crippen molar-refractivity contribution in [3.8, 4) is 11.8 Å². The average molecular weight is 389 g/mol. The monoisotopic (exact) mass is 389 g/mol. The maximum Gasteiger partial charge on any atom is 0.274 e. The van der Waals surface area contributed by atoms with Crippen LogP contribution in [0, 0.1) is 17.2 Å². The lowest BCUT2D eigenvalue weighted by atomic mass is 9.87. The standard InChI is InChI=1S/C22H23N5O2/c1-14-6-8-17(9-7-14)27-13-15-10-20(21(29-2)11-19(15)26-27)25-22(28)18-5-3-4-16(12-23)24-18/h3-5,10-11,13-14,17H,6-9H2,1-2H3,(H,25,28). The molecular formula is C22H23N5O2. The Bertz CT molecular complexity index is 1090. The summed E-state index contributed by atoms with van der Waals surface area (Å²) in [6, 6.07) is 10.8. The Morgan fingerprint density at radius 2 is 2.07 bits per heavy atom. The highest BCUT2D eigenvalue weighted by molar-refractivity contribution is 6.05. The van der Waals surface area contributed by atoms with E-state index in [4.69, 9.17) is 15.1 Å². The number of nitriles is 1. The Kier molecular flexibility index (Phi) is 5.17. The van der Waals surface area contributed by atoms with Crippen molar-refractivity contribution in [3.63, 3.8) is 0 Å². The van der Waals surface area contributed by atoms with E-state index in [9.17, 15) is 4.79 Å². The lowest BCUT2D eigenvalue weighted by Crippen LogP contribution is -2.16. The summed E-state index contributed by atoms with van der Waals surface area (Å²) in [4.78, 5) is 16.7. The normalized spacial score (nSPS) is 18.9. The number of amides is 1. The molecule has 29 heavy (non-hydrogen) atoms. The van der Waals surface area contributed by atoms with Gasteiger partial charge in [0, 0.05) is 17.6 Å². The van der Waals surface area contributed by atoms with Crippen LogP contribution in [0.1, 0.15) is 54.8 Å². The van der Waals surface area contributed by atoms with E-state index < -0.39 is 5.91 Å². The van der Waals surface area contributed by atoms with Gasteiger partial charge >= 0.3 is 0 Å². The van der Waals surface area contributed by atoms with Gasteiger partial charge in [0.25, 0.3) is 5.91 Å². The van der Waals surface area contributed by atoms with Gasteiger partial charge < -0.3 is 10.1 Å². The molecule has 2 heterocycles. The molecule has 1 fully saturated rings. The third-order valence-electron chi connectivity index (χ3n) is 5.55. The molecule has 3 aromatic rings. The molecule has 7 nitrogen and oxygen atoms in total. The van der Waals surface area contributed by atoms with Crippen molar-refractivity contribution in [2.75, 3.05) is 12.4 Å². The number of aromatic nitrogens is 3. The fourth-order valence-corrected chi connectivity index (χ4v) is 3.84. The molecule has 0 aliphatic heterocycles. The van der Waals surface area contributed by atoms with E-state index in [1.807, 2.05) is 24.4 Å². The molecule has 1 saturated carbocycles. The van der Waals surface area contributed by atoms with Gasteiger partial charge in [0.05, 0.1) is 24.4 Å². The summed E-state index contributed by atoms with van der Waals surface area (Å²) in [5, 5.41) is 17.5. The second-order valence-electron chi connectivity index (χ2n) is 7.61. The fourth-order valence-electron chi connectivity index (χ4n) is 3.84. The van der Waals surface area contributed by atoms with Gasteiger partial charge in [-0.25, -0.2) is 4.98 Å². The van der Waals surface area contributed by atoms with Crippen molar-refractivity contribution >= 4 is 22.5 Å². The van der Waals surface area contributed by atoms with Crippen molar-refractivity contribution < 1.29 is 9.53 Å². The number of pyridine rings is 1. The molecule has 4 rings (SSSR count). The van der Waals surface area contributed by atoms with Crippen molar-refractivity contribution in [2.45, 2.75) is 38.6 Å². The number of benzene rings is 1. The molecule has 7 heteroatoms. The van der Waals surface area contributed by atoms with Crippen molar-refractivity contribution in [1.82, 2.24) is 14.8 Å². The smallest absolute Gasteiger partial charge is 0.274 e.